The highest BCUT2D eigenvalue weighted by Crippen LogP contribution is 2.28. The van der Waals surface area contributed by atoms with Crippen molar-refractivity contribution in [2.45, 2.75) is 31.7 Å². The van der Waals surface area contributed by atoms with Gasteiger partial charge in [0.1, 0.15) is 11.5 Å². The van der Waals surface area contributed by atoms with Crippen LogP contribution in [0.3, 0.4) is 0 Å². The number of carbonyl (C=O) groups excluding carboxylic acids is 1. The molecule has 2 fully saturated rings. The number of hydrogen-bond donors (Lipinski definition) is 1. The second kappa shape index (κ2) is 7.92. The normalized spacial score (nSPS) is 17.9. The molecule has 0 atom stereocenters. The van der Waals surface area contributed by atoms with E-state index in [9.17, 15) is 4.79 Å². The Bertz CT molecular complexity index is 718. The maximum Gasteiger partial charge on any atom is 0.253 e. The van der Waals surface area contributed by atoms with Gasteiger partial charge in [0.2, 0.25) is 0 Å². The molecule has 0 spiro atoms. The number of para-hydroxylation sites is 1. The summed E-state index contributed by atoms with van der Waals surface area (Å²) in [5.74, 6) is 2.58. The van der Waals surface area contributed by atoms with E-state index in [1.54, 1.807) is 0 Å². The van der Waals surface area contributed by atoms with Crippen LogP contribution in [0.25, 0.3) is 0 Å². The summed E-state index contributed by atoms with van der Waals surface area (Å²) in [4.78, 5) is 14.7. The molecule has 4 nitrogen and oxygen atoms in total. The van der Waals surface area contributed by atoms with E-state index in [-0.39, 0.29) is 5.91 Å². The maximum absolute atomic E-state index is 12.7. The molecule has 2 aromatic carbocycles. The predicted molar refractivity (Wildman–Crippen MR) is 103 cm³/mol. The molecular formula is C22H26N2O2. The number of likely N-dealkylation sites (tertiary alicyclic amines) is 1. The van der Waals surface area contributed by atoms with Gasteiger partial charge in [-0.05, 0) is 74.5 Å². The predicted octanol–water partition coefficient (Wildman–Crippen LogP) is 4.08. The summed E-state index contributed by atoms with van der Waals surface area (Å²) in [6, 6.07) is 17.7. The van der Waals surface area contributed by atoms with E-state index in [1.165, 1.54) is 12.8 Å². The fraction of sp³-hybridized carbons (Fsp3) is 0.409. The Morgan fingerprint density at radius 2 is 1.58 bits per heavy atom. The molecule has 136 valence electrons. The van der Waals surface area contributed by atoms with Gasteiger partial charge in [-0.15, -0.1) is 0 Å². The number of hydrogen-bond acceptors (Lipinski definition) is 3. The van der Waals surface area contributed by atoms with E-state index in [0.717, 1.165) is 55.5 Å². The van der Waals surface area contributed by atoms with Gasteiger partial charge in [-0.25, -0.2) is 0 Å². The largest absolute Gasteiger partial charge is 0.457 e. The van der Waals surface area contributed by atoms with Gasteiger partial charge in [-0.3, -0.25) is 4.79 Å². The summed E-state index contributed by atoms with van der Waals surface area (Å²) < 4.78 is 5.79. The van der Waals surface area contributed by atoms with Crippen LogP contribution >= 0.6 is 0 Å². The number of piperidine rings is 1. The molecular weight excluding hydrogens is 324 g/mol. The van der Waals surface area contributed by atoms with Crippen molar-refractivity contribution in [1.82, 2.24) is 10.2 Å². The van der Waals surface area contributed by atoms with E-state index in [4.69, 9.17) is 4.74 Å². The van der Waals surface area contributed by atoms with Crippen molar-refractivity contribution in [2.75, 3.05) is 19.6 Å². The lowest BCUT2D eigenvalue weighted by atomic mass is 10.0. The zero-order valence-electron chi connectivity index (χ0n) is 15.1. The summed E-state index contributed by atoms with van der Waals surface area (Å²) >= 11 is 0. The van der Waals surface area contributed by atoms with Crippen molar-refractivity contribution in [3.8, 4) is 11.5 Å². The molecule has 1 amide bonds. The molecule has 1 saturated heterocycles. The first-order chi connectivity index (χ1) is 12.8. The third-order valence-electron chi connectivity index (χ3n) is 5.25. The Kier molecular flexibility index (Phi) is 5.21. The summed E-state index contributed by atoms with van der Waals surface area (Å²) in [7, 11) is 0. The van der Waals surface area contributed by atoms with Crippen LogP contribution < -0.4 is 10.1 Å². The summed E-state index contributed by atoms with van der Waals surface area (Å²) in [6.45, 7) is 2.83. The highest BCUT2D eigenvalue weighted by Gasteiger charge is 2.26. The molecule has 26 heavy (non-hydrogen) atoms. The van der Waals surface area contributed by atoms with Gasteiger partial charge < -0.3 is 15.0 Å². The second-order valence-electron chi connectivity index (χ2n) is 7.36. The number of nitrogens with zero attached hydrogens (tertiary/aromatic N) is 1. The number of benzene rings is 2. The number of carbonyl (C=O) groups is 1. The Balaban J connectivity index is 1.29. The molecule has 1 N–H and O–H groups in total. The van der Waals surface area contributed by atoms with Crippen LogP contribution in [-0.2, 0) is 0 Å². The molecule has 4 heteroatoms. The van der Waals surface area contributed by atoms with Crippen molar-refractivity contribution >= 4 is 5.91 Å². The van der Waals surface area contributed by atoms with E-state index in [0.29, 0.717) is 6.04 Å². The molecule has 0 aromatic heterocycles. The maximum atomic E-state index is 12.7. The second-order valence-corrected chi connectivity index (χ2v) is 7.36. The van der Waals surface area contributed by atoms with Crippen molar-refractivity contribution in [2.24, 2.45) is 5.92 Å². The molecule has 4 rings (SSSR count). The van der Waals surface area contributed by atoms with Crippen molar-refractivity contribution in [3.05, 3.63) is 60.2 Å². The quantitative estimate of drug-likeness (QED) is 0.853. The Morgan fingerprint density at radius 1 is 0.923 bits per heavy atom. The van der Waals surface area contributed by atoms with Gasteiger partial charge >= 0.3 is 0 Å². The van der Waals surface area contributed by atoms with E-state index in [1.807, 2.05) is 59.5 Å². The Hall–Kier alpha value is -2.33. The molecule has 1 aliphatic carbocycles. The first-order valence-electron chi connectivity index (χ1n) is 9.63. The lowest BCUT2D eigenvalue weighted by molar-refractivity contribution is 0.0705. The molecule has 2 aliphatic rings. The van der Waals surface area contributed by atoms with Gasteiger partial charge in [0, 0.05) is 24.7 Å². The minimum atomic E-state index is 0.122. The average molecular weight is 350 g/mol. The molecule has 1 aliphatic heterocycles. The SMILES string of the molecule is O=C(c1ccc(Oc2ccccc2)cc1)N1CCC(NCC2CC2)CC1. The van der Waals surface area contributed by atoms with E-state index in [2.05, 4.69) is 5.32 Å². The smallest absolute Gasteiger partial charge is 0.253 e. The van der Waals surface area contributed by atoms with Crippen LogP contribution in [0.2, 0.25) is 0 Å². The summed E-state index contributed by atoms with van der Waals surface area (Å²) in [6.07, 6.45) is 4.87. The first kappa shape index (κ1) is 17.1. The van der Waals surface area contributed by atoms with Crippen LogP contribution in [-0.4, -0.2) is 36.5 Å². The highest BCUT2D eigenvalue weighted by atomic mass is 16.5. The van der Waals surface area contributed by atoms with Crippen LogP contribution in [0.5, 0.6) is 11.5 Å². The average Bonchev–Trinajstić information content (AvgIpc) is 3.52. The van der Waals surface area contributed by atoms with Crippen molar-refractivity contribution < 1.29 is 9.53 Å². The fourth-order valence-corrected chi connectivity index (χ4v) is 3.41. The molecule has 0 bridgehead atoms. The van der Waals surface area contributed by atoms with E-state index < -0.39 is 0 Å². The number of nitrogens with one attached hydrogen (secondary N) is 1. The van der Waals surface area contributed by atoms with Crippen LogP contribution in [0, 0.1) is 5.92 Å². The van der Waals surface area contributed by atoms with Gasteiger partial charge in [0.05, 0.1) is 0 Å². The first-order valence-corrected chi connectivity index (χ1v) is 9.63. The third-order valence-corrected chi connectivity index (χ3v) is 5.25. The van der Waals surface area contributed by atoms with Gasteiger partial charge in [-0.1, -0.05) is 18.2 Å². The van der Waals surface area contributed by atoms with Gasteiger partial charge in [-0.2, -0.15) is 0 Å². The number of amides is 1. The van der Waals surface area contributed by atoms with Crippen LogP contribution in [0.15, 0.2) is 54.6 Å². The Morgan fingerprint density at radius 3 is 2.23 bits per heavy atom. The minimum Gasteiger partial charge on any atom is -0.457 e. The molecule has 1 heterocycles. The number of ether oxygens (including phenoxy) is 1. The lowest BCUT2D eigenvalue weighted by Gasteiger charge is -2.32. The zero-order valence-corrected chi connectivity index (χ0v) is 15.1. The van der Waals surface area contributed by atoms with Crippen LogP contribution in [0.1, 0.15) is 36.0 Å². The summed E-state index contributed by atoms with van der Waals surface area (Å²) in [5.41, 5.74) is 0.731. The topological polar surface area (TPSA) is 41.6 Å². The summed E-state index contributed by atoms with van der Waals surface area (Å²) in [5, 5.41) is 3.66. The number of rotatable bonds is 6. The van der Waals surface area contributed by atoms with Gasteiger partial charge in [0.15, 0.2) is 0 Å². The third kappa shape index (κ3) is 4.44. The van der Waals surface area contributed by atoms with Crippen molar-refractivity contribution in [1.29, 1.82) is 0 Å². The van der Waals surface area contributed by atoms with Crippen LogP contribution in [0.4, 0.5) is 0 Å². The zero-order chi connectivity index (χ0) is 17.8. The molecule has 0 radical (unpaired) electrons. The molecule has 1 saturated carbocycles. The van der Waals surface area contributed by atoms with Crippen molar-refractivity contribution in [3.63, 3.8) is 0 Å². The highest BCUT2D eigenvalue weighted by molar-refractivity contribution is 5.94. The monoisotopic (exact) mass is 350 g/mol. The van der Waals surface area contributed by atoms with Gasteiger partial charge in [0.25, 0.3) is 5.91 Å². The Labute approximate surface area is 155 Å². The molecule has 0 unspecified atom stereocenters. The minimum absolute atomic E-state index is 0.122. The molecule has 2 aromatic rings. The van der Waals surface area contributed by atoms with E-state index >= 15 is 0 Å². The fourth-order valence-electron chi connectivity index (χ4n) is 3.41. The standard InChI is InChI=1S/C22H26N2O2/c25-22(24-14-12-19(13-15-24)23-16-17-6-7-17)18-8-10-21(11-9-18)26-20-4-2-1-3-5-20/h1-5,8-11,17,19,23H,6-7,12-16H2. The lowest BCUT2D eigenvalue weighted by Crippen LogP contribution is -2.45.